The second kappa shape index (κ2) is 7.41. The molecule has 2 aromatic heterocycles. The summed E-state index contributed by atoms with van der Waals surface area (Å²) in [6.45, 7) is 0.164. The number of benzene rings is 2. The smallest absolute Gasteiger partial charge is 0.112 e. The maximum absolute atomic E-state index is 6.66. The Morgan fingerprint density at radius 2 is 1.14 bits per heavy atom. The van der Waals surface area contributed by atoms with E-state index in [2.05, 4.69) is 20.4 Å². The van der Waals surface area contributed by atoms with Crippen molar-refractivity contribution in [2.45, 2.75) is 5.54 Å². The van der Waals surface area contributed by atoms with E-state index in [-0.39, 0.29) is 6.54 Å². The van der Waals surface area contributed by atoms with Gasteiger partial charge in [0.2, 0.25) is 0 Å². The topological polar surface area (TPSA) is 109 Å². The Kier molecular flexibility index (Phi) is 4.95. The number of nitrogens with one attached hydrogen (secondary N) is 2. The summed E-state index contributed by atoms with van der Waals surface area (Å²) < 4.78 is 0. The van der Waals surface area contributed by atoms with Gasteiger partial charge in [0.05, 0.1) is 22.8 Å². The zero-order valence-electron chi connectivity index (χ0n) is 14.8. The van der Waals surface area contributed by atoms with Crippen LogP contribution in [0.3, 0.4) is 0 Å². The second-order valence-electron chi connectivity index (χ2n) is 6.52. The Balaban J connectivity index is 1.67. The van der Waals surface area contributed by atoms with E-state index in [1.54, 1.807) is 0 Å². The molecule has 0 unspecified atom stereocenters. The third-order valence-electron chi connectivity index (χ3n) is 4.72. The fourth-order valence-corrected chi connectivity index (χ4v) is 3.25. The lowest BCUT2D eigenvalue weighted by molar-refractivity contribution is 0.515. The van der Waals surface area contributed by atoms with Crippen molar-refractivity contribution in [1.29, 1.82) is 0 Å². The number of halogens is 2. The van der Waals surface area contributed by atoms with Gasteiger partial charge in [-0.15, -0.1) is 0 Å². The van der Waals surface area contributed by atoms with Crippen LogP contribution in [0.2, 0.25) is 10.0 Å². The van der Waals surface area contributed by atoms with Gasteiger partial charge in [0.1, 0.15) is 5.54 Å². The lowest BCUT2D eigenvalue weighted by Gasteiger charge is -2.24. The highest BCUT2D eigenvalue weighted by atomic mass is 35.5. The summed E-state index contributed by atoms with van der Waals surface area (Å²) in [5.74, 6) is 0. The number of aromatic nitrogens is 4. The van der Waals surface area contributed by atoms with Crippen molar-refractivity contribution in [3.63, 3.8) is 0 Å². The quantitative estimate of drug-likeness (QED) is 0.397. The van der Waals surface area contributed by atoms with Gasteiger partial charge in [0.15, 0.2) is 0 Å². The molecule has 0 radical (unpaired) electrons. The molecule has 0 saturated carbocycles. The van der Waals surface area contributed by atoms with Crippen molar-refractivity contribution in [3.05, 3.63) is 82.1 Å². The van der Waals surface area contributed by atoms with Crippen molar-refractivity contribution in [3.8, 4) is 22.5 Å². The van der Waals surface area contributed by atoms with Crippen LogP contribution in [0, 0.1) is 0 Å². The number of nitrogens with zero attached hydrogens (tertiary/aromatic N) is 2. The predicted octanol–water partition coefficient (Wildman–Crippen LogP) is 3.93. The molecule has 0 atom stereocenters. The molecule has 6 nitrogen and oxygen atoms in total. The molecule has 2 aromatic carbocycles. The first-order valence-corrected chi connectivity index (χ1v) is 9.38. The van der Waals surface area contributed by atoms with E-state index in [0.29, 0.717) is 21.4 Å². The Bertz CT molecular complexity index is 999. The van der Waals surface area contributed by atoms with Crippen molar-refractivity contribution >= 4 is 23.2 Å². The van der Waals surface area contributed by atoms with Crippen molar-refractivity contribution in [1.82, 2.24) is 20.4 Å². The second-order valence-corrected chi connectivity index (χ2v) is 7.40. The molecule has 2 heterocycles. The minimum absolute atomic E-state index is 0.164. The molecule has 0 bridgehead atoms. The Hall–Kier alpha value is -2.64. The molecule has 0 aliphatic rings. The number of hydrogen-bond donors (Lipinski definition) is 4. The fourth-order valence-electron chi connectivity index (χ4n) is 3.00. The number of aromatic amines is 2. The van der Waals surface area contributed by atoms with Crippen LogP contribution >= 0.6 is 23.2 Å². The summed E-state index contributed by atoms with van der Waals surface area (Å²) in [6.07, 6.45) is 0. The van der Waals surface area contributed by atoms with Gasteiger partial charge in [0.25, 0.3) is 0 Å². The lowest BCUT2D eigenvalue weighted by Crippen LogP contribution is -2.45. The first-order valence-electron chi connectivity index (χ1n) is 8.62. The highest BCUT2D eigenvalue weighted by molar-refractivity contribution is 6.30. The van der Waals surface area contributed by atoms with Gasteiger partial charge in [-0.3, -0.25) is 10.2 Å². The van der Waals surface area contributed by atoms with Gasteiger partial charge in [-0.05, 0) is 36.4 Å². The van der Waals surface area contributed by atoms with Gasteiger partial charge >= 0.3 is 0 Å². The first kappa shape index (κ1) is 18.7. The highest BCUT2D eigenvalue weighted by Crippen LogP contribution is 2.30. The van der Waals surface area contributed by atoms with Crippen LogP contribution in [0.4, 0.5) is 0 Å². The highest BCUT2D eigenvalue weighted by Gasteiger charge is 2.33. The van der Waals surface area contributed by atoms with Crippen LogP contribution in [0.25, 0.3) is 22.5 Å². The summed E-state index contributed by atoms with van der Waals surface area (Å²) in [5.41, 5.74) is 16.5. The lowest BCUT2D eigenvalue weighted by atomic mass is 9.91. The molecule has 28 heavy (non-hydrogen) atoms. The molecule has 0 fully saturated rings. The van der Waals surface area contributed by atoms with Gasteiger partial charge in [0, 0.05) is 27.7 Å². The van der Waals surface area contributed by atoms with E-state index in [1.165, 1.54) is 0 Å². The summed E-state index contributed by atoms with van der Waals surface area (Å²) in [4.78, 5) is 0. The number of nitrogens with two attached hydrogens (primary N) is 2. The van der Waals surface area contributed by atoms with Gasteiger partial charge in [-0.25, -0.2) is 0 Å². The minimum Gasteiger partial charge on any atom is -0.328 e. The molecular formula is C20H18Cl2N6. The first-order chi connectivity index (χ1) is 13.5. The number of H-pyrrole nitrogens is 2. The van der Waals surface area contributed by atoms with Gasteiger partial charge < -0.3 is 11.5 Å². The fraction of sp³-hybridized carbons (Fsp3) is 0.100. The SMILES string of the molecule is NCC(N)(c1cc(-c2ccc(Cl)cc2)n[nH]1)c1cc(-c2ccc(Cl)cc2)n[nH]1. The molecule has 142 valence electrons. The zero-order valence-corrected chi connectivity index (χ0v) is 16.3. The van der Waals surface area contributed by atoms with Crippen LogP contribution in [-0.4, -0.2) is 26.9 Å². The Labute approximate surface area is 171 Å². The largest absolute Gasteiger partial charge is 0.328 e. The van der Waals surface area contributed by atoms with Crippen LogP contribution in [-0.2, 0) is 5.54 Å². The molecule has 0 saturated heterocycles. The Morgan fingerprint density at radius 1 is 0.750 bits per heavy atom. The van der Waals surface area contributed by atoms with Crippen LogP contribution < -0.4 is 11.5 Å². The molecule has 8 heteroatoms. The molecule has 0 aliphatic carbocycles. The number of rotatable bonds is 5. The van der Waals surface area contributed by atoms with Crippen molar-refractivity contribution < 1.29 is 0 Å². The molecule has 4 aromatic rings. The Morgan fingerprint density at radius 3 is 1.50 bits per heavy atom. The molecule has 6 N–H and O–H groups in total. The van der Waals surface area contributed by atoms with E-state index in [0.717, 1.165) is 22.5 Å². The maximum Gasteiger partial charge on any atom is 0.112 e. The molecular weight excluding hydrogens is 395 g/mol. The number of hydrogen-bond acceptors (Lipinski definition) is 4. The average Bonchev–Trinajstić information content (AvgIpc) is 3.39. The molecule has 0 aliphatic heterocycles. The zero-order chi connectivity index (χ0) is 19.7. The van der Waals surface area contributed by atoms with Crippen LogP contribution in [0.5, 0.6) is 0 Å². The summed E-state index contributed by atoms with van der Waals surface area (Å²) in [6, 6.07) is 18.6. The van der Waals surface area contributed by atoms with E-state index in [9.17, 15) is 0 Å². The monoisotopic (exact) mass is 412 g/mol. The van der Waals surface area contributed by atoms with Gasteiger partial charge in [-0.1, -0.05) is 47.5 Å². The summed E-state index contributed by atoms with van der Waals surface area (Å²) in [7, 11) is 0. The minimum atomic E-state index is -0.991. The molecule has 0 amide bonds. The van der Waals surface area contributed by atoms with Crippen molar-refractivity contribution in [2.24, 2.45) is 11.5 Å². The van der Waals surface area contributed by atoms with E-state index in [1.807, 2.05) is 60.7 Å². The molecule has 4 rings (SSSR count). The third kappa shape index (κ3) is 3.43. The maximum atomic E-state index is 6.66. The standard InChI is InChI=1S/C20H18Cl2N6/c21-14-5-1-12(2-6-14)16-9-18(27-25-16)20(24,11-23)19-10-17(26-28-19)13-3-7-15(22)8-4-13/h1-10H,11,23-24H2,(H,25,27)(H,26,28). The van der Waals surface area contributed by atoms with Crippen LogP contribution in [0.15, 0.2) is 60.7 Å². The van der Waals surface area contributed by atoms with E-state index >= 15 is 0 Å². The summed E-state index contributed by atoms with van der Waals surface area (Å²) in [5, 5.41) is 16.1. The van der Waals surface area contributed by atoms with Crippen molar-refractivity contribution in [2.75, 3.05) is 6.54 Å². The molecule has 0 spiro atoms. The predicted molar refractivity (Wildman–Crippen MR) is 112 cm³/mol. The normalized spacial score (nSPS) is 11.7. The summed E-state index contributed by atoms with van der Waals surface area (Å²) >= 11 is 11.9. The van der Waals surface area contributed by atoms with Gasteiger partial charge in [-0.2, -0.15) is 10.2 Å². The van der Waals surface area contributed by atoms with E-state index in [4.69, 9.17) is 34.7 Å². The third-order valence-corrected chi connectivity index (χ3v) is 5.22. The average molecular weight is 413 g/mol. The van der Waals surface area contributed by atoms with E-state index < -0.39 is 5.54 Å². The van der Waals surface area contributed by atoms with Crippen LogP contribution in [0.1, 0.15) is 11.4 Å².